The van der Waals surface area contributed by atoms with E-state index in [-0.39, 0.29) is 12.5 Å². The Morgan fingerprint density at radius 1 is 1.12 bits per heavy atom. The van der Waals surface area contributed by atoms with Gasteiger partial charge in [0.25, 0.3) is 5.91 Å². The SMILES string of the molecule is O=C(COc1ccccc1Br)Nc1nc(-c2ccc(Br)cc2)cs1. The molecule has 24 heavy (non-hydrogen) atoms. The molecule has 0 saturated carbocycles. The van der Waals surface area contributed by atoms with Crippen LogP contribution < -0.4 is 10.1 Å². The van der Waals surface area contributed by atoms with E-state index in [1.165, 1.54) is 11.3 Å². The number of aromatic nitrogens is 1. The Balaban J connectivity index is 1.59. The fourth-order valence-corrected chi connectivity index (χ4v) is 3.34. The van der Waals surface area contributed by atoms with E-state index < -0.39 is 0 Å². The molecule has 0 unspecified atom stereocenters. The van der Waals surface area contributed by atoms with Gasteiger partial charge >= 0.3 is 0 Å². The Hall–Kier alpha value is -1.70. The Bertz CT molecular complexity index is 850. The quantitative estimate of drug-likeness (QED) is 0.550. The second-order valence-corrected chi connectivity index (χ2v) is 7.44. The first-order valence-electron chi connectivity index (χ1n) is 7.00. The van der Waals surface area contributed by atoms with Crippen molar-refractivity contribution >= 4 is 54.2 Å². The molecule has 3 aromatic rings. The number of ether oxygens (including phenoxy) is 1. The molecule has 0 aliphatic heterocycles. The summed E-state index contributed by atoms with van der Waals surface area (Å²) in [4.78, 5) is 16.4. The lowest BCUT2D eigenvalue weighted by Crippen LogP contribution is -2.20. The fraction of sp³-hybridized carbons (Fsp3) is 0.0588. The second-order valence-electron chi connectivity index (χ2n) is 4.81. The number of nitrogens with one attached hydrogen (secondary N) is 1. The molecule has 122 valence electrons. The number of halogens is 2. The maximum Gasteiger partial charge on any atom is 0.264 e. The van der Waals surface area contributed by atoms with Crippen LogP contribution in [0.2, 0.25) is 0 Å². The number of nitrogens with zero attached hydrogens (tertiary/aromatic N) is 1. The van der Waals surface area contributed by atoms with E-state index in [4.69, 9.17) is 4.74 Å². The molecular weight excluding hydrogens is 456 g/mol. The van der Waals surface area contributed by atoms with Gasteiger partial charge in [0, 0.05) is 15.4 Å². The summed E-state index contributed by atoms with van der Waals surface area (Å²) in [6.07, 6.45) is 0. The average Bonchev–Trinajstić information content (AvgIpc) is 3.03. The Labute approximate surface area is 160 Å². The normalized spacial score (nSPS) is 10.4. The van der Waals surface area contributed by atoms with Gasteiger partial charge in [0.2, 0.25) is 0 Å². The van der Waals surface area contributed by atoms with Crippen LogP contribution in [0.3, 0.4) is 0 Å². The van der Waals surface area contributed by atoms with Gasteiger partial charge in [-0.25, -0.2) is 4.98 Å². The number of para-hydroxylation sites is 1. The third-order valence-corrected chi connectivity index (χ3v) is 5.03. The van der Waals surface area contributed by atoms with Gasteiger partial charge in [0.15, 0.2) is 11.7 Å². The number of hydrogen-bond donors (Lipinski definition) is 1. The van der Waals surface area contributed by atoms with Gasteiger partial charge < -0.3 is 4.74 Å². The van der Waals surface area contributed by atoms with E-state index in [0.29, 0.717) is 10.9 Å². The number of hydrogen-bond acceptors (Lipinski definition) is 4. The van der Waals surface area contributed by atoms with Crippen LogP contribution in [0.15, 0.2) is 62.9 Å². The molecule has 0 spiro atoms. The number of anilines is 1. The van der Waals surface area contributed by atoms with Gasteiger partial charge in [-0.15, -0.1) is 11.3 Å². The summed E-state index contributed by atoms with van der Waals surface area (Å²) >= 11 is 8.16. The summed E-state index contributed by atoms with van der Waals surface area (Å²) in [7, 11) is 0. The molecule has 0 bridgehead atoms. The number of carbonyl (C=O) groups is 1. The Morgan fingerprint density at radius 3 is 2.62 bits per heavy atom. The van der Waals surface area contributed by atoms with Crippen LogP contribution in [0.4, 0.5) is 5.13 Å². The van der Waals surface area contributed by atoms with E-state index in [0.717, 1.165) is 20.2 Å². The highest BCUT2D eigenvalue weighted by Gasteiger charge is 2.09. The molecule has 1 N–H and O–H groups in total. The number of rotatable bonds is 5. The highest BCUT2D eigenvalue weighted by atomic mass is 79.9. The van der Waals surface area contributed by atoms with Gasteiger partial charge in [0.05, 0.1) is 10.2 Å². The van der Waals surface area contributed by atoms with Crippen molar-refractivity contribution in [1.29, 1.82) is 0 Å². The number of carbonyl (C=O) groups excluding carboxylic acids is 1. The molecule has 0 atom stereocenters. The minimum atomic E-state index is -0.248. The van der Waals surface area contributed by atoms with Gasteiger partial charge in [-0.05, 0) is 40.2 Å². The molecule has 7 heteroatoms. The van der Waals surface area contributed by atoms with Crippen molar-refractivity contribution in [3.8, 4) is 17.0 Å². The van der Waals surface area contributed by atoms with Crippen LogP contribution in [-0.4, -0.2) is 17.5 Å². The van der Waals surface area contributed by atoms with E-state index in [2.05, 4.69) is 42.2 Å². The van der Waals surface area contributed by atoms with Crippen molar-refractivity contribution in [3.05, 3.63) is 62.9 Å². The highest BCUT2D eigenvalue weighted by Crippen LogP contribution is 2.26. The summed E-state index contributed by atoms with van der Waals surface area (Å²) in [6.45, 7) is -0.0736. The van der Waals surface area contributed by atoms with Crippen molar-refractivity contribution < 1.29 is 9.53 Å². The van der Waals surface area contributed by atoms with Crippen molar-refractivity contribution in [3.63, 3.8) is 0 Å². The van der Waals surface area contributed by atoms with Crippen LogP contribution in [0, 0.1) is 0 Å². The van der Waals surface area contributed by atoms with Crippen LogP contribution in [0.25, 0.3) is 11.3 Å². The van der Waals surface area contributed by atoms with Gasteiger partial charge in [0.1, 0.15) is 5.75 Å². The third-order valence-electron chi connectivity index (χ3n) is 3.09. The molecule has 0 aliphatic carbocycles. The molecule has 2 aromatic carbocycles. The summed E-state index contributed by atoms with van der Waals surface area (Å²) in [5.74, 6) is 0.379. The lowest BCUT2D eigenvalue weighted by Gasteiger charge is -2.07. The molecule has 3 rings (SSSR count). The van der Waals surface area contributed by atoms with E-state index in [1.807, 2.05) is 47.8 Å². The average molecular weight is 468 g/mol. The smallest absolute Gasteiger partial charge is 0.264 e. The van der Waals surface area contributed by atoms with E-state index >= 15 is 0 Å². The van der Waals surface area contributed by atoms with Crippen LogP contribution in [-0.2, 0) is 4.79 Å². The lowest BCUT2D eigenvalue weighted by molar-refractivity contribution is -0.118. The summed E-state index contributed by atoms with van der Waals surface area (Å²) in [5, 5.41) is 5.21. The number of benzene rings is 2. The van der Waals surface area contributed by atoms with Gasteiger partial charge in [-0.2, -0.15) is 0 Å². The number of thiazole rings is 1. The van der Waals surface area contributed by atoms with Gasteiger partial charge in [-0.3, -0.25) is 10.1 Å². The monoisotopic (exact) mass is 466 g/mol. The minimum Gasteiger partial charge on any atom is -0.483 e. The number of amides is 1. The van der Waals surface area contributed by atoms with Crippen molar-refractivity contribution in [2.24, 2.45) is 0 Å². The van der Waals surface area contributed by atoms with Crippen LogP contribution >= 0.6 is 43.2 Å². The maximum absolute atomic E-state index is 12.0. The molecular formula is C17H12Br2N2O2S. The molecule has 0 radical (unpaired) electrons. The molecule has 1 amide bonds. The second kappa shape index (κ2) is 7.92. The zero-order chi connectivity index (χ0) is 16.9. The summed E-state index contributed by atoms with van der Waals surface area (Å²) in [6, 6.07) is 15.3. The Morgan fingerprint density at radius 2 is 1.88 bits per heavy atom. The molecule has 4 nitrogen and oxygen atoms in total. The first-order chi connectivity index (χ1) is 11.6. The Kier molecular flexibility index (Phi) is 5.65. The predicted octanol–water partition coefficient (Wildman–Crippen LogP) is 5.35. The van der Waals surface area contributed by atoms with E-state index in [1.54, 1.807) is 6.07 Å². The zero-order valence-corrected chi connectivity index (χ0v) is 16.3. The topological polar surface area (TPSA) is 51.2 Å². The molecule has 1 aromatic heterocycles. The third kappa shape index (κ3) is 4.43. The fourth-order valence-electron chi connectivity index (χ4n) is 1.94. The van der Waals surface area contributed by atoms with Crippen molar-refractivity contribution in [2.45, 2.75) is 0 Å². The summed E-state index contributed by atoms with van der Waals surface area (Å²) < 4.78 is 7.31. The van der Waals surface area contributed by atoms with E-state index in [9.17, 15) is 4.79 Å². The first-order valence-corrected chi connectivity index (χ1v) is 9.47. The molecule has 0 saturated heterocycles. The van der Waals surface area contributed by atoms with Gasteiger partial charge in [-0.1, -0.05) is 40.2 Å². The first kappa shape index (κ1) is 17.1. The van der Waals surface area contributed by atoms with Crippen molar-refractivity contribution in [1.82, 2.24) is 4.98 Å². The van der Waals surface area contributed by atoms with Crippen molar-refractivity contribution in [2.75, 3.05) is 11.9 Å². The molecule has 0 aliphatic rings. The lowest BCUT2D eigenvalue weighted by atomic mass is 10.2. The minimum absolute atomic E-state index is 0.0736. The standard InChI is InChI=1S/C17H12Br2N2O2S/c18-12-7-5-11(6-8-12)14-10-24-17(20-14)21-16(22)9-23-15-4-2-1-3-13(15)19/h1-8,10H,9H2,(H,20,21,22). The largest absolute Gasteiger partial charge is 0.483 e. The van der Waals surface area contributed by atoms with Crippen LogP contribution in [0.1, 0.15) is 0 Å². The summed E-state index contributed by atoms with van der Waals surface area (Å²) in [5.41, 5.74) is 1.83. The molecule has 0 fully saturated rings. The highest BCUT2D eigenvalue weighted by molar-refractivity contribution is 9.10. The maximum atomic E-state index is 12.0. The molecule has 1 heterocycles. The predicted molar refractivity (Wildman–Crippen MR) is 104 cm³/mol. The van der Waals surface area contributed by atoms with Crippen LogP contribution in [0.5, 0.6) is 5.75 Å². The zero-order valence-electron chi connectivity index (χ0n) is 12.3.